The predicted octanol–water partition coefficient (Wildman–Crippen LogP) is 4.68. The summed E-state index contributed by atoms with van der Waals surface area (Å²) in [5, 5.41) is 1.46. The third kappa shape index (κ3) is 4.17. The summed E-state index contributed by atoms with van der Waals surface area (Å²) in [6, 6.07) is 10.1. The lowest BCUT2D eigenvalue weighted by molar-refractivity contribution is 0.0353. The molecule has 0 N–H and O–H groups in total. The van der Waals surface area contributed by atoms with Crippen molar-refractivity contribution in [1.29, 1.82) is 0 Å². The second-order valence-corrected chi connectivity index (χ2v) is 9.38. The van der Waals surface area contributed by atoms with Gasteiger partial charge in [-0.3, -0.25) is 14.5 Å². The molecule has 0 spiro atoms. The lowest BCUT2D eigenvalue weighted by atomic mass is 9.98. The molecule has 2 aromatic carbocycles. The van der Waals surface area contributed by atoms with Crippen LogP contribution in [-0.4, -0.2) is 55.1 Å². The first-order valence-corrected chi connectivity index (χ1v) is 11.8. The van der Waals surface area contributed by atoms with Gasteiger partial charge in [0.05, 0.1) is 30.2 Å². The highest BCUT2D eigenvalue weighted by atomic mass is 35.5. The Bertz CT molecular complexity index is 1270. The second kappa shape index (κ2) is 9.11. The summed E-state index contributed by atoms with van der Waals surface area (Å²) < 4.78 is 11.4. The first kappa shape index (κ1) is 22.4. The third-order valence-corrected chi connectivity index (χ3v) is 7.07. The van der Waals surface area contributed by atoms with Crippen molar-refractivity contribution in [3.63, 3.8) is 0 Å². The maximum atomic E-state index is 13.6. The molecule has 2 aliphatic heterocycles. The van der Waals surface area contributed by atoms with Crippen molar-refractivity contribution in [3.05, 3.63) is 79.1 Å². The van der Waals surface area contributed by atoms with Crippen LogP contribution in [0.2, 0.25) is 10.0 Å². The molecule has 1 aromatic heterocycles. The average Bonchev–Trinajstić information content (AvgIpc) is 3.09. The first-order valence-electron chi connectivity index (χ1n) is 11.1. The van der Waals surface area contributed by atoms with E-state index in [0.717, 1.165) is 50.4 Å². The SMILES string of the molecule is Cc1cc2oc3c(c(=O)c2cc1Cl)C(c1ccc(Cl)cc1)N(CCCN1CCOCC1)C3=O. The zero-order valence-electron chi connectivity index (χ0n) is 18.3. The summed E-state index contributed by atoms with van der Waals surface area (Å²) >= 11 is 12.4. The zero-order valence-corrected chi connectivity index (χ0v) is 19.8. The Hall–Kier alpha value is -2.38. The fraction of sp³-hybridized carbons (Fsp3) is 0.360. The van der Waals surface area contributed by atoms with E-state index in [-0.39, 0.29) is 17.1 Å². The standard InChI is InChI=1S/C25H24Cl2N2O4/c1-15-13-20-18(14-19(15)27)23(30)21-22(16-3-5-17(26)6-4-16)29(25(31)24(21)33-20)8-2-7-28-9-11-32-12-10-28/h3-6,13-14,22H,2,7-12H2,1H3. The van der Waals surface area contributed by atoms with Gasteiger partial charge < -0.3 is 14.1 Å². The highest BCUT2D eigenvalue weighted by Gasteiger charge is 2.42. The van der Waals surface area contributed by atoms with Gasteiger partial charge in [-0.25, -0.2) is 0 Å². The minimum absolute atomic E-state index is 0.112. The number of nitrogens with zero attached hydrogens (tertiary/aromatic N) is 2. The Morgan fingerprint density at radius 2 is 1.76 bits per heavy atom. The van der Waals surface area contributed by atoms with Crippen LogP contribution in [0.1, 0.15) is 39.7 Å². The molecule has 172 valence electrons. The molecule has 0 aliphatic carbocycles. The average molecular weight is 487 g/mol. The Labute approximate surface area is 201 Å². The van der Waals surface area contributed by atoms with Gasteiger partial charge in [0, 0.05) is 36.2 Å². The van der Waals surface area contributed by atoms with E-state index in [1.54, 1.807) is 29.2 Å². The van der Waals surface area contributed by atoms with Gasteiger partial charge in [0.1, 0.15) is 5.58 Å². The van der Waals surface area contributed by atoms with Crippen LogP contribution in [0, 0.1) is 6.92 Å². The van der Waals surface area contributed by atoms with E-state index in [1.165, 1.54) is 0 Å². The molecule has 2 aliphatic rings. The minimum atomic E-state index is -0.532. The third-order valence-electron chi connectivity index (χ3n) is 6.41. The molecular formula is C25H24Cl2N2O4. The Morgan fingerprint density at radius 3 is 2.48 bits per heavy atom. The summed E-state index contributed by atoms with van der Waals surface area (Å²) in [7, 11) is 0. The van der Waals surface area contributed by atoms with Gasteiger partial charge in [0.15, 0.2) is 5.43 Å². The topological polar surface area (TPSA) is 63.0 Å². The highest BCUT2D eigenvalue weighted by Crippen LogP contribution is 2.39. The van der Waals surface area contributed by atoms with E-state index in [0.29, 0.717) is 33.1 Å². The van der Waals surface area contributed by atoms with E-state index in [4.69, 9.17) is 32.4 Å². The second-order valence-electron chi connectivity index (χ2n) is 8.53. The number of morpholine rings is 1. The van der Waals surface area contributed by atoms with Crippen molar-refractivity contribution in [2.24, 2.45) is 0 Å². The molecule has 5 rings (SSSR count). The van der Waals surface area contributed by atoms with Crippen molar-refractivity contribution in [2.45, 2.75) is 19.4 Å². The molecule has 1 saturated heterocycles. The van der Waals surface area contributed by atoms with Crippen molar-refractivity contribution >= 4 is 40.1 Å². The van der Waals surface area contributed by atoms with Gasteiger partial charge in [-0.2, -0.15) is 0 Å². The van der Waals surface area contributed by atoms with Crippen LogP contribution in [-0.2, 0) is 4.74 Å². The highest BCUT2D eigenvalue weighted by molar-refractivity contribution is 6.32. The molecule has 8 heteroatoms. The van der Waals surface area contributed by atoms with Crippen LogP contribution in [0.4, 0.5) is 0 Å². The quantitative estimate of drug-likeness (QED) is 0.523. The number of amides is 1. The van der Waals surface area contributed by atoms with Crippen LogP contribution in [0.25, 0.3) is 11.0 Å². The summed E-state index contributed by atoms with van der Waals surface area (Å²) in [5.74, 6) is -0.154. The molecule has 1 amide bonds. The van der Waals surface area contributed by atoms with Crippen molar-refractivity contribution in [1.82, 2.24) is 9.80 Å². The molecule has 33 heavy (non-hydrogen) atoms. The van der Waals surface area contributed by atoms with Crippen LogP contribution in [0.5, 0.6) is 0 Å². The van der Waals surface area contributed by atoms with Gasteiger partial charge in [0.25, 0.3) is 5.91 Å². The van der Waals surface area contributed by atoms with Gasteiger partial charge in [-0.05, 0) is 48.7 Å². The van der Waals surface area contributed by atoms with Crippen molar-refractivity contribution in [3.8, 4) is 0 Å². The fourth-order valence-electron chi connectivity index (χ4n) is 4.65. The van der Waals surface area contributed by atoms with E-state index < -0.39 is 6.04 Å². The van der Waals surface area contributed by atoms with E-state index in [9.17, 15) is 9.59 Å². The molecule has 3 aromatic rings. The summed E-state index contributed by atoms with van der Waals surface area (Å²) in [6.45, 7) is 6.44. The van der Waals surface area contributed by atoms with Crippen LogP contribution in [0.15, 0.2) is 45.6 Å². The number of benzene rings is 2. The molecule has 0 radical (unpaired) electrons. The van der Waals surface area contributed by atoms with Crippen molar-refractivity contribution < 1.29 is 13.9 Å². The number of rotatable bonds is 5. The molecule has 0 saturated carbocycles. The maximum Gasteiger partial charge on any atom is 0.290 e. The molecule has 0 bridgehead atoms. The molecule has 1 fully saturated rings. The Morgan fingerprint density at radius 1 is 1.03 bits per heavy atom. The summed E-state index contributed by atoms with van der Waals surface area (Å²) in [4.78, 5) is 31.2. The zero-order chi connectivity index (χ0) is 23.1. The van der Waals surface area contributed by atoms with Crippen LogP contribution >= 0.6 is 23.2 Å². The number of carbonyl (C=O) groups is 1. The number of fused-ring (bicyclic) bond motifs is 2. The number of hydrogen-bond donors (Lipinski definition) is 0. The van der Waals surface area contributed by atoms with Crippen LogP contribution < -0.4 is 5.43 Å². The lowest BCUT2D eigenvalue weighted by Crippen LogP contribution is -2.38. The van der Waals surface area contributed by atoms with Gasteiger partial charge in [-0.1, -0.05) is 35.3 Å². The normalized spacial score (nSPS) is 18.8. The smallest absolute Gasteiger partial charge is 0.290 e. The monoisotopic (exact) mass is 486 g/mol. The number of ether oxygens (including phenoxy) is 1. The predicted molar refractivity (Wildman–Crippen MR) is 128 cm³/mol. The van der Waals surface area contributed by atoms with E-state index in [2.05, 4.69) is 4.90 Å². The Balaban J connectivity index is 1.55. The molecular weight excluding hydrogens is 463 g/mol. The minimum Gasteiger partial charge on any atom is -0.450 e. The summed E-state index contributed by atoms with van der Waals surface area (Å²) in [5.41, 5.74) is 2.12. The maximum absolute atomic E-state index is 13.6. The van der Waals surface area contributed by atoms with E-state index in [1.807, 2.05) is 19.1 Å². The summed E-state index contributed by atoms with van der Waals surface area (Å²) in [6.07, 6.45) is 0.780. The molecule has 6 nitrogen and oxygen atoms in total. The molecule has 1 unspecified atom stereocenters. The van der Waals surface area contributed by atoms with E-state index >= 15 is 0 Å². The lowest BCUT2D eigenvalue weighted by Gasteiger charge is -2.29. The largest absolute Gasteiger partial charge is 0.450 e. The number of hydrogen-bond acceptors (Lipinski definition) is 5. The number of aryl methyl sites for hydroxylation is 1. The number of halogens is 2. The number of carbonyl (C=O) groups excluding carboxylic acids is 1. The molecule has 1 atom stereocenters. The van der Waals surface area contributed by atoms with Gasteiger partial charge in [0.2, 0.25) is 5.76 Å². The van der Waals surface area contributed by atoms with Crippen LogP contribution in [0.3, 0.4) is 0 Å². The van der Waals surface area contributed by atoms with Crippen molar-refractivity contribution in [2.75, 3.05) is 39.4 Å². The van der Waals surface area contributed by atoms with Gasteiger partial charge >= 0.3 is 0 Å². The van der Waals surface area contributed by atoms with Gasteiger partial charge in [-0.15, -0.1) is 0 Å². The molecule has 3 heterocycles. The Kier molecular flexibility index (Phi) is 6.18. The first-order chi connectivity index (χ1) is 15.9. The fourth-order valence-corrected chi connectivity index (χ4v) is 4.94.